The first-order valence-electron chi connectivity index (χ1n) is 4.84. The van der Waals surface area contributed by atoms with Crippen molar-refractivity contribution in [3.05, 3.63) is 36.2 Å². The molecule has 0 aromatic carbocycles. The molecule has 1 rings (SSSR count). The number of alkyl halides is 1. The third kappa shape index (κ3) is 3.00. The summed E-state index contributed by atoms with van der Waals surface area (Å²) in [4.78, 5) is 0. The van der Waals surface area contributed by atoms with E-state index in [4.69, 9.17) is 5.84 Å². The third-order valence-electron chi connectivity index (χ3n) is 2.11. The van der Waals surface area contributed by atoms with Gasteiger partial charge in [0.05, 0.1) is 5.70 Å². The van der Waals surface area contributed by atoms with Crippen LogP contribution in [-0.4, -0.2) is 11.2 Å². The van der Waals surface area contributed by atoms with Crippen LogP contribution in [0.4, 0.5) is 4.39 Å². The maximum atomic E-state index is 13.2. The molecule has 1 aliphatic heterocycles. The van der Waals surface area contributed by atoms with E-state index >= 15 is 0 Å². The molecule has 0 saturated heterocycles. The number of rotatable bonds is 3. The zero-order chi connectivity index (χ0) is 10.6. The zero-order valence-electron chi connectivity index (χ0n) is 8.65. The van der Waals surface area contributed by atoms with E-state index in [1.165, 1.54) is 5.01 Å². The Morgan fingerprint density at radius 2 is 2.29 bits per heavy atom. The second-order valence-corrected chi connectivity index (χ2v) is 3.70. The Balaban J connectivity index is 2.55. The number of hydrazine groups is 1. The van der Waals surface area contributed by atoms with Crippen molar-refractivity contribution in [2.24, 2.45) is 11.8 Å². The molecule has 3 heteroatoms. The summed E-state index contributed by atoms with van der Waals surface area (Å²) in [5.41, 5.74) is 0.843. The molecule has 1 atom stereocenters. The number of hydrogen-bond acceptors (Lipinski definition) is 2. The van der Waals surface area contributed by atoms with Gasteiger partial charge in [-0.1, -0.05) is 26.0 Å². The Bertz CT molecular complexity index is 266. The molecule has 0 saturated carbocycles. The van der Waals surface area contributed by atoms with Crippen molar-refractivity contribution < 1.29 is 4.39 Å². The summed E-state index contributed by atoms with van der Waals surface area (Å²) in [5, 5.41) is 1.49. The summed E-state index contributed by atoms with van der Waals surface area (Å²) in [7, 11) is 0. The average molecular weight is 196 g/mol. The standard InChI is InChI=1S/C11H17FN2/c1-9(2)11(12)7-6-10-5-3-4-8-14(10)13/h4-9,11H,3,13H2,1-2H3. The van der Waals surface area contributed by atoms with Gasteiger partial charge in [-0.05, 0) is 24.5 Å². The fourth-order valence-electron chi connectivity index (χ4n) is 1.12. The van der Waals surface area contributed by atoms with Gasteiger partial charge < -0.3 is 0 Å². The van der Waals surface area contributed by atoms with Crippen molar-refractivity contribution in [2.75, 3.05) is 0 Å². The van der Waals surface area contributed by atoms with Crippen LogP contribution in [0.1, 0.15) is 20.3 Å². The molecule has 0 aromatic rings. The van der Waals surface area contributed by atoms with E-state index in [0.29, 0.717) is 0 Å². The smallest absolute Gasteiger partial charge is 0.121 e. The molecule has 0 fully saturated rings. The van der Waals surface area contributed by atoms with Crippen LogP contribution in [0.2, 0.25) is 0 Å². The maximum absolute atomic E-state index is 13.2. The van der Waals surface area contributed by atoms with Crippen LogP contribution >= 0.6 is 0 Å². The second-order valence-electron chi connectivity index (χ2n) is 3.70. The predicted octanol–water partition coefficient (Wildman–Crippen LogP) is 2.51. The summed E-state index contributed by atoms with van der Waals surface area (Å²) in [5.74, 6) is 5.66. The molecule has 0 aromatic heterocycles. The molecule has 2 nitrogen and oxygen atoms in total. The summed E-state index contributed by atoms with van der Waals surface area (Å²) < 4.78 is 13.2. The number of hydrogen-bond donors (Lipinski definition) is 1. The van der Waals surface area contributed by atoms with Crippen LogP contribution in [0.15, 0.2) is 36.2 Å². The van der Waals surface area contributed by atoms with Crippen LogP contribution in [0.5, 0.6) is 0 Å². The molecule has 0 spiro atoms. The fourth-order valence-corrected chi connectivity index (χ4v) is 1.12. The monoisotopic (exact) mass is 196 g/mol. The van der Waals surface area contributed by atoms with Crippen molar-refractivity contribution in [1.82, 2.24) is 5.01 Å². The minimum absolute atomic E-state index is 0.0113. The lowest BCUT2D eigenvalue weighted by Gasteiger charge is -2.18. The largest absolute Gasteiger partial charge is 0.288 e. The number of nitrogens with two attached hydrogens (primary N) is 1. The van der Waals surface area contributed by atoms with E-state index in [-0.39, 0.29) is 5.92 Å². The summed E-state index contributed by atoms with van der Waals surface area (Å²) in [6.07, 6.45) is 8.92. The highest BCUT2D eigenvalue weighted by Crippen LogP contribution is 2.13. The first-order valence-corrected chi connectivity index (χ1v) is 4.84. The molecule has 0 radical (unpaired) electrons. The van der Waals surface area contributed by atoms with Crippen LogP contribution in [-0.2, 0) is 0 Å². The molecule has 2 N–H and O–H groups in total. The number of nitrogens with zero attached hydrogens (tertiary/aromatic N) is 1. The van der Waals surface area contributed by atoms with E-state index in [9.17, 15) is 4.39 Å². The maximum Gasteiger partial charge on any atom is 0.121 e. The van der Waals surface area contributed by atoms with Gasteiger partial charge in [-0.15, -0.1) is 0 Å². The van der Waals surface area contributed by atoms with Gasteiger partial charge in [-0.3, -0.25) is 5.01 Å². The summed E-state index contributed by atoms with van der Waals surface area (Å²) in [6.45, 7) is 3.70. The fraction of sp³-hybridized carbons (Fsp3) is 0.455. The molecule has 1 unspecified atom stereocenters. The van der Waals surface area contributed by atoms with Gasteiger partial charge in [0.2, 0.25) is 0 Å². The zero-order valence-corrected chi connectivity index (χ0v) is 8.65. The molecular formula is C11H17FN2. The van der Waals surface area contributed by atoms with Crippen molar-refractivity contribution in [2.45, 2.75) is 26.4 Å². The van der Waals surface area contributed by atoms with E-state index in [0.717, 1.165) is 12.1 Å². The first-order chi connectivity index (χ1) is 6.61. The van der Waals surface area contributed by atoms with Crippen molar-refractivity contribution in [3.8, 4) is 0 Å². The minimum atomic E-state index is -0.907. The van der Waals surface area contributed by atoms with E-state index < -0.39 is 6.17 Å². The van der Waals surface area contributed by atoms with E-state index in [1.807, 2.05) is 26.0 Å². The van der Waals surface area contributed by atoms with Gasteiger partial charge in [-0.25, -0.2) is 10.2 Å². The molecule has 0 bridgehead atoms. The van der Waals surface area contributed by atoms with Crippen LogP contribution in [0.3, 0.4) is 0 Å². The summed E-state index contributed by atoms with van der Waals surface area (Å²) in [6, 6.07) is 0. The van der Waals surface area contributed by atoms with Crippen molar-refractivity contribution >= 4 is 0 Å². The molecule has 1 heterocycles. The van der Waals surface area contributed by atoms with E-state index in [1.54, 1.807) is 18.4 Å². The predicted molar refractivity (Wildman–Crippen MR) is 56.7 cm³/mol. The van der Waals surface area contributed by atoms with Crippen molar-refractivity contribution in [1.29, 1.82) is 0 Å². The SMILES string of the molecule is CC(C)C(F)C=CC1=CCC=CN1N. The summed E-state index contributed by atoms with van der Waals surface area (Å²) >= 11 is 0. The Morgan fingerprint density at radius 3 is 2.86 bits per heavy atom. The van der Waals surface area contributed by atoms with Gasteiger partial charge in [0.25, 0.3) is 0 Å². The highest BCUT2D eigenvalue weighted by molar-refractivity contribution is 5.23. The molecular weight excluding hydrogens is 179 g/mol. The van der Waals surface area contributed by atoms with Gasteiger partial charge in [0.1, 0.15) is 6.17 Å². The Labute approximate surface area is 84.5 Å². The first kappa shape index (κ1) is 11.0. The van der Waals surface area contributed by atoms with Gasteiger partial charge in [-0.2, -0.15) is 0 Å². The molecule has 0 amide bonds. The van der Waals surface area contributed by atoms with Gasteiger partial charge in [0.15, 0.2) is 0 Å². The Morgan fingerprint density at radius 1 is 1.57 bits per heavy atom. The number of halogens is 1. The number of allylic oxidation sites excluding steroid dienone is 4. The van der Waals surface area contributed by atoms with Gasteiger partial charge in [0, 0.05) is 6.20 Å². The highest BCUT2D eigenvalue weighted by atomic mass is 19.1. The lowest BCUT2D eigenvalue weighted by molar-refractivity contribution is 0.313. The van der Waals surface area contributed by atoms with Gasteiger partial charge >= 0.3 is 0 Å². The molecule has 78 valence electrons. The lowest BCUT2D eigenvalue weighted by atomic mass is 10.1. The second kappa shape index (κ2) is 4.96. The van der Waals surface area contributed by atoms with Crippen molar-refractivity contribution in [3.63, 3.8) is 0 Å². The minimum Gasteiger partial charge on any atom is -0.288 e. The molecule has 14 heavy (non-hydrogen) atoms. The lowest BCUT2D eigenvalue weighted by Crippen LogP contribution is -2.24. The molecule has 1 aliphatic rings. The van der Waals surface area contributed by atoms with Crippen LogP contribution in [0, 0.1) is 5.92 Å². The quantitative estimate of drug-likeness (QED) is 0.703. The average Bonchev–Trinajstić information content (AvgIpc) is 2.16. The molecule has 0 aliphatic carbocycles. The van der Waals surface area contributed by atoms with Crippen LogP contribution in [0.25, 0.3) is 0 Å². The Kier molecular flexibility index (Phi) is 3.89. The highest BCUT2D eigenvalue weighted by Gasteiger charge is 2.08. The van der Waals surface area contributed by atoms with E-state index in [2.05, 4.69) is 0 Å². The normalized spacial score (nSPS) is 19.2. The third-order valence-corrected chi connectivity index (χ3v) is 2.11. The van der Waals surface area contributed by atoms with Crippen LogP contribution < -0.4 is 5.84 Å². The topological polar surface area (TPSA) is 29.3 Å². The Hall–Kier alpha value is -1.09.